The lowest BCUT2D eigenvalue weighted by Crippen LogP contribution is -2.48. The molecule has 1 N–H and O–H groups in total. The van der Waals surface area contributed by atoms with Crippen LogP contribution in [0.25, 0.3) is 5.69 Å². The Hall–Kier alpha value is -6.02. The summed E-state index contributed by atoms with van der Waals surface area (Å²) in [6, 6.07) is 25.5. The van der Waals surface area contributed by atoms with E-state index in [1.165, 1.54) is 11.1 Å². The van der Waals surface area contributed by atoms with E-state index in [1.807, 2.05) is 84.2 Å². The number of rotatable bonds is 14. The summed E-state index contributed by atoms with van der Waals surface area (Å²) in [4.78, 5) is 34.7. The van der Waals surface area contributed by atoms with Crippen LogP contribution < -0.4 is 24.5 Å². The van der Waals surface area contributed by atoms with Crippen LogP contribution in [0.4, 0.5) is 0 Å². The Morgan fingerprint density at radius 2 is 1.42 bits per heavy atom. The molecule has 13 nitrogen and oxygen atoms in total. The van der Waals surface area contributed by atoms with Crippen LogP contribution in [-0.4, -0.2) is 84.5 Å². The lowest BCUT2D eigenvalue weighted by Gasteiger charge is -2.49. The molecule has 354 valence electrons. The van der Waals surface area contributed by atoms with Gasteiger partial charge in [-0.25, -0.2) is 4.68 Å². The molecule has 0 aliphatic carbocycles. The number of aliphatic hydroxyl groups is 1. The van der Waals surface area contributed by atoms with Gasteiger partial charge in [0.05, 0.1) is 53.4 Å². The minimum absolute atomic E-state index is 0.0538. The largest absolute Gasteiger partial charge is 0.493 e. The second-order valence-electron chi connectivity index (χ2n) is 18.4. The SMILES string of the molecule is CCC1CN2CCc3cc(OC)c(OC)cc3C2CC1CC1c2cc(OC)c(OC)cc2CCN1C(=O)C1=CC(c2c(C)n(C)n(-c3ccccc3)c2=O)CC(OCc2ccc(CO)cc2)O1. The number of piperidine rings is 1. The molecule has 1 aromatic heterocycles. The van der Waals surface area contributed by atoms with E-state index in [1.54, 1.807) is 33.1 Å². The lowest BCUT2D eigenvalue weighted by atomic mass is 9.72. The first kappa shape index (κ1) is 46.1. The van der Waals surface area contributed by atoms with Crippen LogP contribution in [0.2, 0.25) is 0 Å². The Bertz CT molecular complexity index is 2670. The van der Waals surface area contributed by atoms with Crippen molar-refractivity contribution in [3.63, 3.8) is 0 Å². The summed E-state index contributed by atoms with van der Waals surface area (Å²) in [5, 5.41) is 9.64. The summed E-state index contributed by atoms with van der Waals surface area (Å²) < 4.78 is 39.9. The number of aliphatic hydroxyl groups excluding tert-OH is 1. The van der Waals surface area contributed by atoms with Crippen LogP contribution >= 0.6 is 0 Å². The topological polar surface area (TPSA) is 126 Å². The first-order valence-electron chi connectivity index (χ1n) is 23.6. The third kappa shape index (κ3) is 8.85. The van der Waals surface area contributed by atoms with Crippen molar-refractivity contribution < 1.29 is 38.3 Å². The molecule has 6 unspecified atom stereocenters. The van der Waals surface area contributed by atoms with Gasteiger partial charge in [-0.2, -0.15) is 0 Å². The zero-order chi connectivity index (χ0) is 46.9. The van der Waals surface area contributed by atoms with E-state index in [-0.39, 0.29) is 48.4 Å². The number of ether oxygens (including phenoxy) is 6. The standard InChI is InChI=1S/C54H64N4O9/c1-8-36-30-56-20-18-37-24-46(62-4)48(64-6)28-42(37)44(56)22-39(36)23-45-43-29-49(65-7)47(63-5)25-38(43)19-21-57(45)53(60)50-26-40(27-51(67-50)66-32-35-16-14-34(31-59)15-17-35)52-33(2)55(3)58(54(52)61)41-12-10-9-11-13-41/h9-17,24-26,28-29,36,39-40,44-45,51,59H,8,18-23,27,30-32H2,1-7H3. The van der Waals surface area contributed by atoms with Gasteiger partial charge in [0.15, 0.2) is 28.8 Å². The maximum atomic E-state index is 15.6. The van der Waals surface area contributed by atoms with Crippen LogP contribution in [0.3, 0.4) is 0 Å². The van der Waals surface area contributed by atoms with Gasteiger partial charge < -0.3 is 38.4 Å². The predicted octanol–water partition coefficient (Wildman–Crippen LogP) is 8.10. The molecule has 5 heterocycles. The van der Waals surface area contributed by atoms with E-state index in [2.05, 4.69) is 36.1 Å². The molecule has 4 aromatic carbocycles. The molecule has 67 heavy (non-hydrogen) atoms. The van der Waals surface area contributed by atoms with Crippen molar-refractivity contribution >= 4 is 5.91 Å². The third-order valence-corrected chi connectivity index (χ3v) is 15.0. The summed E-state index contributed by atoms with van der Waals surface area (Å²) in [5.74, 6) is 2.91. The quantitative estimate of drug-likeness (QED) is 0.117. The van der Waals surface area contributed by atoms with E-state index in [0.717, 1.165) is 83.9 Å². The Labute approximate surface area is 393 Å². The molecule has 0 radical (unpaired) electrons. The number of carbonyl (C=O) groups excluding carboxylic acids is 1. The predicted molar refractivity (Wildman–Crippen MR) is 255 cm³/mol. The third-order valence-electron chi connectivity index (χ3n) is 15.0. The number of fused-ring (bicyclic) bond motifs is 4. The molecular formula is C54H64N4O9. The Balaban J connectivity index is 1.09. The highest BCUT2D eigenvalue weighted by Gasteiger charge is 2.44. The second kappa shape index (κ2) is 19.7. The number of benzene rings is 4. The van der Waals surface area contributed by atoms with Gasteiger partial charge in [-0.05, 0) is 120 Å². The van der Waals surface area contributed by atoms with Gasteiger partial charge in [-0.15, -0.1) is 0 Å². The van der Waals surface area contributed by atoms with E-state index in [0.29, 0.717) is 42.4 Å². The summed E-state index contributed by atoms with van der Waals surface area (Å²) in [7, 11) is 8.57. The van der Waals surface area contributed by atoms with Crippen molar-refractivity contribution in [2.45, 2.75) is 89.9 Å². The summed E-state index contributed by atoms with van der Waals surface area (Å²) in [6.07, 6.45) is 5.61. The number of hydrogen-bond acceptors (Lipinski definition) is 10. The number of allylic oxidation sites excluding steroid dienone is 1. The number of nitrogens with zero attached hydrogens (tertiary/aromatic N) is 4. The molecule has 1 fully saturated rings. The fourth-order valence-electron chi connectivity index (χ4n) is 11.3. The smallest absolute Gasteiger partial charge is 0.289 e. The van der Waals surface area contributed by atoms with E-state index in [4.69, 9.17) is 28.4 Å². The minimum atomic E-state index is -0.827. The van der Waals surface area contributed by atoms with Crippen molar-refractivity contribution in [1.29, 1.82) is 0 Å². The fourth-order valence-corrected chi connectivity index (χ4v) is 11.3. The Morgan fingerprint density at radius 3 is 2.07 bits per heavy atom. The van der Waals surface area contributed by atoms with Gasteiger partial charge in [0.2, 0.25) is 6.29 Å². The van der Waals surface area contributed by atoms with Crippen molar-refractivity contribution in [1.82, 2.24) is 19.2 Å². The summed E-state index contributed by atoms with van der Waals surface area (Å²) in [6.45, 7) is 6.80. The molecule has 0 spiro atoms. The number of methoxy groups -OCH3 is 4. The number of para-hydroxylation sites is 1. The van der Waals surface area contributed by atoms with Crippen LogP contribution in [0.5, 0.6) is 23.0 Å². The molecule has 6 atom stereocenters. The monoisotopic (exact) mass is 912 g/mol. The fraction of sp³-hybridized carbons (Fsp3) is 0.444. The molecule has 1 amide bonds. The second-order valence-corrected chi connectivity index (χ2v) is 18.4. The molecule has 9 rings (SSSR count). The molecular weight excluding hydrogens is 849 g/mol. The normalized spacial score (nSPS) is 22.4. The Kier molecular flexibility index (Phi) is 13.5. The molecule has 0 bridgehead atoms. The van der Waals surface area contributed by atoms with Gasteiger partial charge in [0.25, 0.3) is 11.5 Å². The van der Waals surface area contributed by atoms with Gasteiger partial charge >= 0.3 is 0 Å². The first-order chi connectivity index (χ1) is 32.6. The van der Waals surface area contributed by atoms with Crippen LogP contribution in [0.15, 0.2) is 95.5 Å². The molecule has 5 aromatic rings. The number of amides is 1. The highest BCUT2D eigenvalue weighted by molar-refractivity contribution is 5.92. The summed E-state index contributed by atoms with van der Waals surface area (Å²) >= 11 is 0. The van der Waals surface area contributed by atoms with Gasteiger partial charge in [0.1, 0.15) is 0 Å². The highest BCUT2D eigenvalue weighted by Crippen LogP contribution is 2.50. The number of carbonyl (C=O) groups is 1. The maximum Gasteiger partial charge on any atom is 0.289 e. The highest BCUT2D eigenvalue weighted by atomic mass is 16.7. The Morgan fingerprint density at radius 1 is 0.791 bits per heavy atom. The van der Waals surface area contributed by atoms with E-state index in [9.17, 15) is 9.90 Å². The van der Waals surface area contributed by atoms with Crippen molar-refractivity contribution in [3.8, 4) is 28.7 Å². The van der Waals surface area contributed by atoms with E-state index < -0.39 is 12.2 Å². The maximum absolute atomic E-state index is 15.6. The molecule has 1 saturated heterocycles. The van der Waals surface area contributed by atoms with Crippen LogP contribution in [0, 0.1) is 18.8 Å². The lowest BCUT2D eigenvalue weighted by molar-refractivity contribution is -0.158. The van der Waals surface area contributed by atoms with Crippen molar-refractivity contribution in [2.24, 2.45) is 18.9 Å². The van der Waals surface area contributed by atoms with Crippen LogP contribution in [-0.2, 0) is 47.4 Å². The number of hydrogen-bond donors (Lipinski definition) is 1. The first-order valence-corrected chi connectivity index (χ1v) is 23.6. The van der Waals surface area contributed by atoms with Gasteiger partial charge in [-0.1, -0.05) is 55.8 Å². The zero-order valence-electron chi connectivity index (χ0n) is 39.8. The van der Waals surface area contributed by atoms with Crippen LogP contribution in [0.1, 0.15) is 95.2 Å². The van der Waals surface area contributed by atoms with E-state index >= 15 is 4.79 Å². The van der Waals surface area contributed by atoms with Crippen molar-refractivity contribution in [3.05, 3.63) is 146 Å². The average Bonchev–Trinajstić information content (AvgIpc) is 3.60. The van der Waals surface area contributed by atoms with Gasteiger partial charge in [-0.3, -0.25) is 19.2 Å². The summed E-state index contributed by atoms with van der Waals surface area (Å²) in [5.41, 5.74) is 8.45. The van der Waals surface area contributed by atoms with Crippen molar-refractivity contribution in [2.75, 3.05) is 48.1 Å². The minimum Gasteiger partial charge on any atom is -0.493 e. The zero-order valence-corrected chi connectivity index (χ0v) is 39.8. The molecule has 4 aliphatic rings. The van der Waals surface area contributed by atoms with Gasteiger partial charge in [0, 0.05) is 56.3 Å². The average molecular weight is 913 g/mol. The number of aromatic nitrogens is 2. The molecule has 4 aliphatic heterocycles. The molecule has 13 heteroatoms. The molecule has 0 saturated carbocycles.